The second-order valence-electron chi connectivity index (χ2n) is 8.24. The van der Waals surface area contributed by atoms with Crippen molar-refractivity contribution >= 4 is 35.2 Å². The molecule has 1 aliphatic rings. The van der Waals surface area contributed by atoms with Gasteiger partial charge in [-0.3, -0.25) is 9.59 Å². The lowest BCUT2D eigenvalue weighted by atomic mass is 10.1. The fraction of sp³-hybridized carbons (Fsp3) is 0.280. The molecule has 1 N–H and O–H groups in total. The first-order chi connectivity index (χ1) is 17.3. The molecule has 4 rings (SSSR count). The van der Waals surface area contributed by atoms with E-state index < -0.39 is 23.9 Å². The average Bonchev–Trinajstić information content (AvgIpc) is 3.35. The van der Waals surface area contributed by atoms with E-state index in [0.29, 0.717) is 16.9 Å². The van der Waals surface area contributed by atoms with Gasteiger partial charge in [0.1, 0.15) is 12.4 Å². The third-order valence-electron chi connectivity index (χ3n) is 5.80. The largest absolute Gasteiger partial charge is 0.465 e. The van der Waals surface area contributed by atoms with E-state index in [9.17, 15) is 18.8 Å². The standard InChI is InChI=1S/C25H25ClFN5O4/c1-3-36-23(33)13-28-25(35)30-15-17-11-18(27)5-8-22(17)31(14-16(30)2)24(34)20-7-6-19(12-21(20)26)32-10-4-9-29-32/h4-12,16H,3,13-15H2,1-2H3,(H,28,35)/t16-/m1/s1. The Hall–Kier alpha value is -3.92. The molecule has 0 aliphatic carbocycles. The van der Waals surface area contributed by atoms with Crippen LogP contribution in [0.2, 0.25) is 5.02 Å². The van der Waals surface area contributed by atoms with Crippen LogP contribution >= 0.6 is 11.6 Å². The number of benzene rings is 2. The topological polar surface area (TPSA) is 96.8 Å². The molecule has 1 aromatic heterocycles. The third-order valence-corrected chi connectivity index (χ3v) is 6.11. The van der Waals surface area contributed by atoms with Gasteiger partial charge in [0.05, 0.1) is 22.9 Å². The molecule has 0 unspecified atom stereocenters. The number of rotatable bonds is 5. The van der Waals surface area contributed by atoms with E-state index >= 15 is 0 Å². The number of nitrogens with zero attached hydrogens (tertiary/aromatic N) is 4. The summed E-state index contributed by atoms with van der Waals surface area (Å²) in [7, 11) is 0. The number of urea groups is 1. The van der Waals surface area contributed by atoms with E-state index in [1.807, 2.05) is 0 Å². The van der Waals surface area contributed by atoms with Crippen molar-refractivity contribution in [3.63, 3.8) is 0 Å². The summed E-state index contributed by atoms with van der Waals surface area (Å²) < 4.78 is 20.6. The van der Waals surface area contributed by atoms with Crippen LogP contribution in [0.3, 0.4) is 0 Å². The van der Waals surface area contributed by atoms with Crippen molar-refractivity contribution in [2.45, 2.75) is 26.4 Å². The molecule has 2 aromatic carbocycles. The number of carbonyl (C=O) groups is 3. The number of aromatic nitrogens is 2. The molecule has 11 heteroatoms. The Labute approximate surface area is 212 Å². The average molecular weight is 514 g/mol. The highest BCUT2D eigenvalue weighted by Gasteiger charge is 2.32. The zero-order valence-corrected chi connectivity index (χ0v) is 20.5. The second kappa shape index (κ2) is 10.8. The van der Waals surface area contributed by atoms with E-state index in [4.69, 9.17) is 16.3 Å². The highest BCUT2D eigenvalue weighted by atomic mass is 35.5. The van der Waals surface area contributed by atoms with Gasteiger partial charge in [0.25, 0.3) is 5.91 Å². The van der Waals surface area contributed by atoms with Crippen molar-refractivity contribution in [2.75, 3.05) is 24.6 Å². The number of fused-ring (bicyclic) bond motifs is 1. The Bertz CT molecular complexity index is 1280. The van der Waals surface area contributed by atoms with Gasteiger partial charge in [-0.15, -0.1) is 0 Å². The number of halogens is 2. The Morgan fingerprint density at radius 1 is 1.22 bits per heavy atom. The molecule has 0 saturated carbocycles. The van der Waals surface area contributed by atoms with Crippen molar-refractivity contribution < 1.29 is 23.5 Å². The first-order valence-electron chi connectivity index (χ1n) is 11.4. The van der Waals surface area contributed by atoms with Crippen molar-refractivity contribution in [1.82, 2.24) is 20.0 Å². The summed E-state index contributed by atoms with van der Waals surface area (Å²) in [4.78, 5) is 41.2. The third kappa shape index (κ3) is 5.33. The van der Waals surface area contributed by atoms with E-state index in [1.54, 1.807) is 55.2 Å². The SMILES string of the molecule is CCOC(=O)CNC(=O)N1Cc2cc(F)ccc2N(C(=O)c2ccc(-n3cccn3)cc2Cl)C[C@H]1C. The molecular weight excluding hydrogens is 489 g/mol. The number of hydrogen-bond acceptors (Lipinski definition) is 5. The number of nitrogens with one attached hydrogen (secondary N) is 1. The van der Waals surface area contributed by atoms with Crippen LogP contribution in [0.25, 0.3) is 5.69 Å². The van der Waals surface area contributed by atoms with Gasteiger partial charge in [-0.1, -0.05) is 11.6 Å². The first-order valence-corrected chi connectivity index (χ1v) is 11.8. The van der Waals surface area contributed by atoms with Gasteiger partial charge in [0, 0.05) is 37.2 Å². The molecule has 0 spiro atoms. The summed E-state index contributed by atoms with van der Waals surface area (Å²) in [6.07, 6.45) is 3.40. The van der Waals surface area contributed by atoms with Crippen molar-refractivity contribution in [3.8, 4) is 5.69 Å². The minimum absolute atomic E-state index is 0.0403. The molecule has 188 valence electrons. The Kier molecular flexibility index (Phi) is 7.54. The lowest BCUT2D eigenvalue weighted by Gasteiger charge is -2.29. The smallest absolute Gasteiger partial charge is 0.325 e. The highest BCUT2D eigenvalue weighted by molar-refractivity contribution is 6.34. The van der Waals surface area contributed by atoms with Crippen molar-refractivity contribution in [2.24, 2.45) is 0 Å². The first kappa shape index (κ1) is 25.2. The maximum Gasteiger partial charge on any atom is 0.325 e. The fourth-order valence-corrected chi connectivity index (χ4v) is 4.31. The maximum absolute atomic E-state index is 14.2. The Balaban J connectivity index is 1.62. The monoisotopic (exact) mass is 513 g/mol. The minimum atomic E-state index is -0.565. The lowest BCUT2D eigenvalue weighted by Crippen LogP contribution is -2.49. The predicted octanol–water partition coefficient (Wildman–Crippen LogP) is 3.79. The second-order valence-corrected chi connectivity index (χ2v) is 8.65. The van der Waals surface area contributed by atoms with Gasteiger partial charge in [0.15, 0.2) is 0 Å². The summed E-state index contributed by atoms with van der Waals surface area (Å²) in [5.74, 6) is -1.45. The van der Waals surface area contributed by atoms with Gasteiger partial charge in [-0.25, -0.2) is 13.9 Å². The molecule has 9 nitrogen and oxygen atoms in total. The van der Waals surface area contributed by atoms with Crippen molar-refractivity contribution in [3.05, 3.63) is 76.8 Å². The van der Waals surface area contributed by atoms with Crippen LogP contribution < -0.4 is 10.2 Å². The Morgan fingerprint density at radius 3 is 2.72 bits per heavy atom. The number of ether oxygens (including phenoxy) is 1. The molecule has 3 aromatic rings. The van der Waals surface area contributed by atoms with Crippen LogP contribution in [0.1, 0.15) is 29.8 Å². The van der Waals surface area contributed by atoms with E-state index in [-0.39, 0.29) is 42.7 Å². The highest BCUT2D eigenvalue weighted by Crippen LogP contribution is 2.31. The molecule has 36 heavy (non-hydrogen) atoms. The normalized spacial score (nSPS) is 15.2. The summed E-state index contributed by atoms with van der Waals surface area (Å²) in [6.45, 7) is 3.51. The molecule has 3 amide bonds. The van der Waals surface area contributed by atoms with Crippen LogP contribution in [0.5, 0.6) is 0 Å². The van der Waals surface area contributed by atoms with Crippen molar-refractivity contribution in [1.29, 1.82) is 0 Å². The zero-order valence-electron chi connectivity index (χ0n) is 19.8. The molecule has 0 saturated heterocycles. The quantitative estimate of drug-likeness (QED) is 0.524. The lowest BCUT2D eigenvalue weighted by molar-refractivity contribution is -0.141. The Morgan fingerprint density at radius 2 is 2.03 bits per heavy atom. The van der Waals surface area contributed by atoms with Crippen LogP contribution in [0, 0.1) is 5.82 Å². The van der Waals surface area contributed by atoms with Gasteiger partial charge in [-0.05, 0) is 61.9 Å². The van der Waals surface area contributed by atoms with E-state index in [2.05, 4.69) is 10.4 Å². The number of hydrogen-bond donors (Lipinski definition) is 1. The summed E-state index contributed by atoms with van der Waals surface area (Å²) in [5.41, 5.74) is 1.87. The molecule has 1 aliphatic heterocycles. The van der Waals surface area contributed by atoms with E-state index in [1.165, 1.54) is 28.0 Å². The zero-order chi connectivity index (χ0) is 25.8. The number of anilines is 1. The molecule has 2 heterocycles. The van der Waals surface area contributed by atoms with Gasteiger partial charge < -0.3 is 19.9 Å². The van der Waals surface area contributed by atoms with Gasteiger partial charge >= 0.3 is 12.0 Å². The maximum atomic E-state index is 14.2. The molecule has 0 fully saturated rings. The van der Waals surface area contributed by atoms with Crippen LogP contribution in [0.4, 0.5) is 14.9 Å². The van der Waals surface area contributed by atoms with Crippen LogP contribution in [0.15, 0.2) is 54.9 Å². The summed E-state index contributed by atoms with van der Waals surface area (Å²) in [6, 6.07) is 9.85. The molecule has 0 bridgehead atoms. The van der Waals surface area contributed by atoms with Gasteiger partial charge in [0.2, 0.25) is 0 Å². The molecular formula is C25H25ClFN5O4. The van der Waals surface area contributed by atoms with Crippen LogP contribution in [-0.2, 0) is 16.1 Å². The van der Waals surface area contributed by atoms with Gasteiger partial charge in [-0.2, -0.15) is 5.10 Å². The van der Waals surface area contributed by atoms with Crippen LogP contribution in [-0.4, -0.2) is 58.3 Å². The summed E-state index contributed by atoms with van der Waals surface area (Å²) in [5, 5.41) is 6.93. The number of carbonyl (C=O) groups excluding carboxylic acids is 3. The van der Waals surface area contributed by atoms with E-state index in [0.717, 1.165) is 0 Å². The number of esters is 1. The summed E-state index contributed by atoms with van der Waals surface area (Å²) >= 11 is 6.50. The predicted molar refractivity (Wildman–Crippen MR) is 132 cm³/mol. The minimum Gasteiger partial charge on any atom is -0.465 e. The molecule has 1 atom stereocenters. The molecule has 0 radical (unpaired) electrons. The fourth-order valence-electron chi connectivity index (χ4n) is 4.06. The number of amides is 3.